The quantitative estimate of drug-likeness (QED) is 0.393. The topological polar surface area (TPSA) is 47.9 Å². The van der Waals surface area contributed by atoms with Crippen molar-refractivity contribution in [3.63, 3.8) is 0 Å². The summed E-state index contributed by atoms with van der Waals surface area (Å²) in [6.45, 7) is 0.889. The van der Waals surface area contributed by atoms with E-state index in [1.807, 2.05) is 66.7 Å². The van der Waals surface area contributed by atoms with Crippen molar-refractivity contribution < 1.29 is 19.3 Å². The molecular weight excluding hydrogens is 412 g/mol. The van der Waals surface area contributed by atoms with Gasteiger partial charge < -0.3 is 19.3 Å². The number of aliphatic hydroxyl groups is 1. The summed E-state index contributed by atoms with van der Waals surface area (Å²) in [5, 5.41) is 11.6. The monoisotopic (exact) mass is 440 g/mol. The molecule has 0 spiro atoms. The van der Waals surface area contributed by atoms with Crippen LogP contribution in [0.2, 0.25) is 0 Å². The van der Waals surface area contributed by atoms with Crippen LogP contribution in [-0.4, -0.2) is 32.5 Å². The molecule has 1 aliphatic carbocycles. The van der Waals surface area contributed by atoms with Crippen molar-refractivity contribution in [3.05, 3.63) is 101 Å². The minimum atomic E-state index is -1.47. The average Bonchev–Trinajstić information content (AvgIpc) is 3.61. The Balaban J connectivity index is 1.43. The van der Waals surface area contributed by atoms with Gasteiger partial charge in [0.2, 0.25) is 0 Å². The van der Waals surface area contributed by atoms with Crippen molar-refractivity contribution in [2.75, 3.05) is 27.4 Å². The molecule has 0 radical (unpaired) electrons. The molecule has 3 aromatic rings. The largest absolute Gasteiger partial charge is 0.497 e. The zero-order valence-corrected chi connectivity index (χ0v) is 19.0. The van der Waals surface area contributed by atoms with E-state index in [9.17, 15) is 5.11 Å². The highest BCUT2D eigenvalue weighted by Crippen LogP contribution is 2.39. The minimum Gasteiger partial charge on any atom is -0.497 e. The van der Waals surface area contributed by atoms with Gasteiger partial charge in [-0.1, -0.05) is 78.1 Å². The first-order valence-corrected chi connectivity index (χ1v) is 11.0. The third kappa shape index (κ3) is 5.64. The van der Waals surface area contributed by atoms with E-state index in [1.165, 1.54) is 11.1 Å². The van der Waals surface area contributed by atoms with Crippen molar-refractivity contribution in [1.29, 1.82) is 0 Å². The van der Waals surface area contributed by atoms with Gasteiger partial charge in [0.25, 0.3) is 0 Å². The van der Waals surface area contributed by atoms with E-state index in [4.69, 9.17) is 14.2 Å². The van der Waals surface area contributed by atoms with E-state index in [0.29, 0.717) is 23.7 Å². The molecular formula is C29H28O4. The smallest absolute Gasteiger partial charge is 0.176 e. The second-order valence-electron chi connectivity index (χ2n) is 8.02. The highest BCUT2D eigenvalue weighted by Gasteiger charge is 2.30. The Morgan fingerprint density at radius 3 is 2.00 bits per heavy atom. The highest BCUT2D eigenvalue weighted by molar-refractivity contribution is 5.57. The van der Waals surface area contributed by atoms with Gasteiger partial charge in [0, 0.05) is 17.0 Å². The van der Waals surface area contributed by atoms with Crippen LogP contribution in [0.25, 0.3) is 6.08 Å². The summed E-state index contributed by atoms with van der Waals surface area (Å²) in [6.07, 6.45) is 3.29. The number of rotatable bonds is 8. The van der Waals surface area contributed by atoms with Crippen molar-refractivity contribution in [2.45, 2.75) is 12.0 Å². The number of benzene rings is 3. The maximum absolute atomic E-state index is 11.6. The maximum atomic E-state index is 11.6. The Morgan fingerprint density at radius 2 is 1.45 bits per heavy atom. The molecule has 1 fully saturated rings. The molecule has 33 heavy (non-hydrogen) atoms. The third-order valence-electron chi connectivity index (χ3n) is 5.78. The zero-order chi connectivity index (χ0) is 23.1. The van der Waals surface area contributed by atoms with Crippen molar-refractivity contribution in [2.24, 2.45) is 5.92 Å². The predicted molar refractivity (Wildman–Crippen MR) is 130 cm³/mol. The molecule has 3 aromatic carbocycles. The lowest BCUT2D eigenvalue weighted by molar-refractivity contribution is 0.141. The zero-order valence-electron chi connectivity index (χ0n) is 19.0. The van der Waals surface area contributed by atoms with E-state index in [0.717, 1.165) is 17.9 Å². The van der Waals surface area contributed by atoms with Gasteiger partial charge in [-0.25, -0.2) is 0 Å². The third-order valence-corrected chi connectivity index (χ3v) is 5.78. The first-order chi connectivity index (χ1) is 16.1. The van der Waals surface area contributed by atoms with Crippen LogP contribution in [0.15, 0.2) is 84.4 Å². The summed E-state index contributed by atoms with van der Waals surface area (Å²) in [5.41, 5.74) is 2.48. The van der Waals surface area contributed by atoms with Gasteiger partial charge in [0.15, 0.2) is 5.60 Å². The lowest BCUT2D eigenvalue weighted by atomic mass is 9.86. The van der Waals surface area contributed by atoms with Crippen LogP contribution < -0.4 is 9.47 Å². The van der Waals surface area contributed by atoms with Gasteiger partial charge >= 0.3 is 0 Å². The van der Waals surface area contributed by atoms with Crippen LogP contribution in [0.1, 0.15) is 23.1 Å². The Morgan fingerprint density at radius 1 is 0.879 bits per heavy atom. The second-order valence-corrected chi connectivity index (χ2v) is 8.02. The number of hydrogen-bond acceptors (Lipinski definition) is 4. The van der Waals surface area contributed by atoms with E-state index < -0.39 is 5.60 Å². The van der Waals surface area contributed by atoms with E-state index >= 15 is 0 Å². The predicted octanol–water partition coefficient (Wildman–Crippen LogP) is 5.06. The lowest BCUT2D eigenvalue weighted by Gasteiger charge is -2.24. The summed E-state index contributed by atoms with van der Waals surface area (Å²) in [7, 11) is 3.23. The summed E-state index contributed by atoms with van der Waals surface area (Å²) in [6, 6.07) is 24.9. The van der Waals surface area contributed by atoms with Gasteiger partial charge in [-0.05, 0) is 36.2 Å². The molecule has 0 amide bonds. The van der Waals surface area contributed by atoms with E-state index in [1.54, 1.807) is 14.2 Å². The van der Waals surface area contributed by atoms with Gasteiger partial charge in [-0.2, -0.15) is 0 Å². The van der Waals surface area contributed by atoms with Crippen LogP contribution >= 0.6 is 0 Å². The molecule has 1 saturated carbocycles. The molecule has 1 N–H and O–H groups in total. The highest BCUT2D eigenvalue weighted by atomic mass is 16.5. The molecule has 168 valence electrons. The molecule has 1 atom stereocenters. The van der Waals surface area contributed by atoms with Crippen molar-refractivity contribution in [1.82, 2.24) is 0 Å². The minimum absolute atomic E-state index is 0.254. The van der Waals surface area contributed by atoms with Crippen molar-refractivity contribution >= 4 is 6.08 Å². The summed E-state index contributed by atoms with van der Waals surface area (Å²) >= 11 is 0. The molecule has 0 heterocycles. The molecule has 0 aliphatic heterocycles. The van der Waals surface area contributed by atoms with Crippen LogP contribution in [0.4, 0.5) is 0 Å². The number of ether oxygens (including phenoxy) is 3. The van der Waals surface area contributed by atoms with Gasteiger partial charge in [0.05, 0.1) is 20.8 Å². The van der Waals surface area contributed by atoms with Crippen LogP contribution in [0.5, 0.6) is 11.5 Å². The van der Waals surface area contributed by atoms with Crippen molar-refractivity contribution in [3.8, 4) is 23.3 Å². The molecule has 4 heteroatoms. The fourth-order valence-electron chi connectivity index (χ4n) is 3.72. The average molecular weight is 441 g/mol. The number of hydrogen-bond donors (Lipinski definition) is 1. The van der Waals surface area contributed by atoms with Crippen LogP contribution in [0.3, 0.4) is 0 Å². The fourth-order valence-corrected chi connectivity index (χ4v) is 3.72. The molecule has 0 bridgehead atoms. The second kappa shape index (κ2) is 10.4. The first kappa shape index (κ1) is 22.7. The first-order valence-electron chi connectivity index (χ1n) is 11.0. The van der Waals surface area contributed by atoms with Gasteiger partial charge in [0.1, 0.15) is 18.1 Å². The SMILES string of the molecule is COc1ccc(C(O)(C#CCOCC2C/C2=C\c2ccccc2)c2ccc(OC)cc2)cc1. The molecule has 0 aromatic heterocycles. The standard InChI is InChI=1S/C29H28O4/c1-31-27-13-9-25(10-14-27)29(30,26-11-15-28(32-2)16-12-26)17-6-18-33-21-24-20-23(24)19-22-7-4-3-5-8-22/h3-5,7-16,19,24,30H,18,20-21H2,1-2H3/b23-19+. The van der Waals surface area contributed by atoms with Gasteiger partial charge in [-0.15, -0.1) is 0 Å². The Kier molecular flexibility index (Phi) is 7.14. The fraction of sp³-hybridized carbons (Fsp3) is 0.241. The lowest BCUT2D eigenvalue weighted by Crippen LogP contribution is -2.25. The molecule has 4 rings (SSSR count). The summed E-state index contributed by atoms with van der Waals surface area (Å²) in [4.78, 5) is 0. The summed E-state index contributed by atoms with van der Waals surface area (Å²) < 4.78 is 16.3. The molecule has 0 saturated heterocycles. The Hall–Kier alpha value is -3.52. The van der Waals surface area contributed by atoms with E-state index in [-0.39, 0.29) is 6.61 Å². The normalized spacial score (nSPS) is 16.1. The Bertz CT molecular complexity index is 1090. The summed E-state index contributed by atoms with van der Waals surface area (Å²) in [5.74, 6) is 7.95. The maximum Gasteiger partial charge on any atom is 0.176 e. The van der Waals surface area contributed by atoms with Crippen LogP contribution in [-0.2, 0) is 10.3 Å². The van der Waals surface area contributed by atoms with Crippen LogP contribution in [0, 0.1) is 17.8 Å². The van der Waals surface area contributed by atoms with E-state index in [2.05, 4.69) is 30.0 Å². The molecule has 1 aliphatic rings. The van der Waals surface area contributed by atoms with Gasteiger partial charge in [-0.3, -0.25) is 0 Å². The molecule has 1 unspecified atom stereocenters. The number of methoxy groups -OCH3 is 2. The molecule has 4 nitrogen and oxygen atoms in total. The Labute approximate surface area is 195 Å².